The number of rotatable bonds is 4. The maximum absolute atomic E-state index is 12.0. The van der Waals surface area contributed by atoms with Gasteiger partial charge in [-0.3, -0.25) is 4.79 Å². The molecule has 0 spiro atoms. The lowest BCUT2D eigenvalue weighted by molar-refractivity contribution is 0.0600. The van der Waals surface area contributed by atoms with E-state index in [0.29, 0.717) is 17.8 Å². The zero-order valence-electron chi connectivity index (χ0n) is 13.8. The number of nitrogens with one attached hydrogen (secondary N) is 1. The summed E-state index contributed by atoms with van der Waals surface area (Å²) in [4.78, 5) is 28.6. The Morgan fingerprint density at radius 1 is 1.27 bits per heavy atom. The van der Waals surface area contributed by atoms with Gasteiger partial charge in [-0.05, 0) is 0 Å². The Morgan fingerprint density at radius 3 is 2.85 bits per heavy atom. The number of nitrogens with zero attached hydrogens (tertiary/aromatic N) is 3. The largest absolute Gasteiger partial charge is 0.465 e. The Kier molecular flexibility index (Phi) is 4.10. The van der Waals surface area contributed by atoms with Gasteiger partial charge in [0.2, 0.25) is 0 Å². The predicted octanol–water partition coefficient (Wildman–Crippen LogP) is 2.63. The zero-order chi connectivity index (χ0) is 18.1. The lowest BCUT2D eigenvalue weighted by Crippen LogP contribution is -2.12. The summed E-state index contributed by atoms with van der Waals surface area (Å²) in [5.74, 6) is -0.542. The topological polar surface area (TPSA) is 89.9 Å². The molecule has 0 aliphatic carbocycles. The zero-order valence-corrected chi connectivity index (χ0v) is 14.6. The molecule has 0 radical (unpaired) electrons. The lowest BCUT2D eigenvalue weighted by Gasteiger charge is -2.10. The number of esters is 1. The third kappa shape index (κ3) is 2.91. The number of ether oxygens (including phenoxy) is 1. The van der Waals surface area contributed by atoms with Crippen LogP contribution >= 0.6 is 11.3 Å². The smallest absolute Gasteiger partial charge is 0.341 e. The maximum Gasteiger partial charge on any atom is 0.341 e. The standard InChI is InChI=1S/C18H14N4O3S/c1-25-18(24)14-9-22(8-13-15(14)20-21-16(13)23)7-12-10-26-17(19-12)11-5-3-2-4-6-11/h2-6,8-10H,7H2,1H3,(H,21,23). The van der Waals surface area contributed by atoms with Crippen molar-refractivity contribution < 1.29 is 9.53 Å². The van der Waals surface area contributed by atoms with Gasteiger partial charge in [-0.2, -0.15) is 5.10 Å². The van der Waals surface area contributed by atoms with Crippen LogP contribution in [0.4, 0.5) is 0 Å². The Hall–Kier alpha value is -3.26. The van der Waals surface area contributed by atoms with Gasteiger partial charge in [-0.1, -0.05) is 30.3 Å². The number of carbonyl (C=O) groups excluding carboxylic acids is 1. The second-order valence-electron chi connectivity index (χ2n) is 5.66. The number of thiazole rings is 1. The molecule has 26 heavy (non-hydrogen) atoms. The van der Waals surface area contributed by atoms with Crippen molar-refractivity contribution in [2.75, 3.05) is 7.11 Å². The van der Waals surface area contributed by atoms with E-state index in [1.807, 2.05) is 35.7 Å². The molecule has 130 valence electrons. The Morgan fingerprint density at radius 2 is 2.08 bits per heavy atom. The van der Waals surface area contributed by atoms with E-state index < -0.39 is 5.97 Å². The van der Waals surface area contributed by atoms with Crippen LogP contribution in [0, 0.1) is 0 Å². The minimum atomic E-state index is -0.542. The number of methoxy groups -OCH3 is 1. The number of hydrogen-bond donors (Lipinski definition) is 1. The Balaban J connectivity index is 1.71. The van der Waals surface area contributed by atoms with Gasteiger partial charge in [0.05, 0.1) is 24.9 Å². The lowest BCUT2D eigenvalue weighted by atomic mass is 10.1. The highest BCUT2D eigenvalue weighted by atomic mass is 32.1. The fourth-order valence-corrected chi connectivity index (χ4v) is 3.54. The van der Waals surface area contributed by atoms with Crippen LogP contribution in [-0.2, 0) is 11.3 Å². The van der Waals surface area contributed by atoms with Crippen molar-refractivity contribution in [1.29, 1.82) is 0 Å². The molecule has 4 rings (SSSR count). The molecule has 0 unspecified atom stereocenters. The molecule has 0 saturated carbocycles. The SMILES string of the molecule is COC(=O)c1cn(Cc2csc(-c3ccccc3)n2)cc2c(=O)[nH]nc1-2. The molecule has 0 amide bonds. The summed E-state index contributed by atoms with van der Waals surface area (Å²) in [6.07, 6.45) is 3.28. The van der Waals surface area contributed by atoms with E-state index in [9.17, 15) is 9.59 Å². The van der Waals surface area contributed by atoms with E-state index in [4.69, 9.17) is 4.74 Å². The van der Waals surface area contributed by atoms with Crippen LogP contribution in [-0.4, -0.2) is 32.8 Å². The quantitative estimate of drug-likeness (QED) is 0.561. The van der Waals surface area contributed by atoms with Crippen LogP contribution < -0.4 is 5.56 Å². The first-order valence-electron chi connectivity index (χ1n) is 7.82. The third-order valence-electron chi connectivity index (χ3n) is 3.94. The molecular formula is C18H14N4O3S. The number of fused-ring (bicyclic) bond motifs is 1. The summed E-state index contributed by atoms with van der Waals surface area (Å²) in [6, 6.07) is 9.91. The van der Waals surface area contributed by atoms with E-state index in [2.05, 4.69) is 15.2 Å². The summed E-state index contributed by atoms with van der Waals surface area (Å²) in [6.45, 7) is 0.424. The molecule has 0 saturated heterocycles. The molecule has 7 nitrogen and oxygen atoms in total. The number of benzene rings is 1. The van der Waals surface area contributed by atoms with Gasteiger partial charge in [0.25, 0.3) is 5.56 Å². The molecule has 2 aliphatic rings. The first kappa shape index (κ1) is 16.2. The summed E-state index contributed by atoms with van der Waals surface area (Å²) in [5, 5.41) is 9.17. The van der Waals surface area contributed by atoms with E-state index in [1.165, 1.54) is 7.11 Å². The molecule has 0 bridgehead atoms. The van der Waals surface area contributed by atoms with Crippen LogP contribution in [0.2, 0.25) is 0 Å². The van der Waals surface area contributed by atoms with Crippen molar-refractivity contribution in [1.82, 2.24) is 19.7 Å². The van der Waals surface area contributed by atoms with Crippen molar-refractivity contribution in [2.24, 2.45) is 0 Å². The average molecular weight is 366 g/mol. The molecule has 1 N–H and O–H groups in total. The second-order valence-corrected chi connectivity index (χ2v) is 6.52. The van der Waals surface area contributed by atoms with Crippen molar-refractivity contribution in [2.45, 2.75) is 6.54 Å². The van der Waals surface area contributed by atoms with E-state index in [0.717, 1.165) is 16.3 Å². The minimum absolute atomic E-state index is 0.238. The average Bonchev–Trinajstić information content (AvgIpc) is 3.29. The second kappa shape index (κ2) is 6.57. The minimum Gasteiger partial charge on any atom is -0.465 e. The van der Waals surface area contributed by atoms with Crippen LogP contribution in [0.25, 0.3) is 21.8 Å². The molecular weight excluding hydrogens is 352 g/mol. The fourth-order valence-electron chi connectivity index (χ4n) is 2.72. The van der Waals surface area contributed by atoms with Crippen molar-refractivity contribution >= 4 is 17.3 Å². The van der Waals surface area contributed by atoms with E-state index in [1.54, 1.807) is 28.3 Å². The van der Waals surface area contributed by atoms with E-state index in [-0.39, 0.29) is 11.1 Å². The van der Waals surface area contributed by atoms with Crippen LogP contribution in [0.3, 0.4) is 0 Å². The summed E-state index contributed by atoms with van der Waals surface area (Å²) >= 11 is 1.55. The molecule has 0 atom stereocenters. The van der Waals surface area contributed by atoms with Crippen LogP contribution in [0.15, 0.2) is 52.9 Å². The number of pyridine rings is 1. The van der Waals surface area contributed by atoms with Gasteiger partial charge in [0, 0.05) is 23.3 Å². The number of H-pyrrole nitrogens is 1. The van der Waals surface area contributed by atoms with Crippen molar-refractivity contribution in [3.8, 4) is 21.8 Å². The first-order valence-corrected chi connectivity index (χ1v) is 8.70. The summed E-state index contributed by atoms with van der Waals surface area (Å²) in [7, 11) is 1.29. The number of aromatic amines is 1. The summed E-state index contributed by atoms with van der Waals surface area (Å²) in [5.41, 5.74) is 2.43. The van der Waals surface area contributed by atoms with Gasteiger partial charge < -0.3 is 9.30 Å². The third-order valence-corrected chi connectivity index (χ3v) is 4.88. The maximum atomic E-state index is 12.0. The molecule has 1 aromatic heterocycles. The number of carbonyl (C=O) groups is 1. The molecule has 3 heterocycles. The number of aromatic nitrogens is 4. The van der Waals surface area contributed by atoms with Gasteiger partial charge in [-0.25, -0.2) is 14.9 Å². The highest BCUT2D eigenvalue weighted by Gasteiger charge is 2.22. The number of hydrogen-bond acceptors (Lipinski definition) is 6. The van der Waals surface area contributed by atoms with Gasteiger partial charge in [-0.15, -0.1) is 11.3 Å². The van der Waals surface area contributed by atoms with Gasteiger partial charge in [0.15, 0.2) is 0 Å². The predicted molar refractivity (Wildman–Crippen MR) is 97.5 cm³/mol. The molecule has 2 aliphatic heterocycles. The summed E-state index contributed by atoms with van der Waals surface area (Å²) < 4.78 is 6.54. The molecule has 2 aromatic rings. The monoisotopic (exact) mass is 366 g/mol. The van der Waals surface area contributed by atoms with E-state index >= 15 is 0 Å². The molecule has 1 aromatic carbocycles. The Labute approximate surface area is 152 Å². The normalized spacial score (nSPS) is 11.0. The Bertz CT molecular complexity index is 1100. The van der Waals surface area contributed by atoms with Crippen molar-refractivity contribution in [3.63, 3.8) is 0 Å². The van der Waals surface area contributed by atoms with Gasteiger partial charge in [0.1, 0.15) is 16.3 Å². The van der Waals surface area contributed by atoms with Crippen molar-refractivity contribution in [3.05, 3.63) is 69.7 Å². The van der Waals surface area contributed by atoms with Crippen LogP contribution in [0.1, 0.15) is 16.1 Å². The highest BCUT2D eigenvalue weighted by molar-refractivity contribution is 7.13. The molecule has 8 heteroatoms. The first-order chi connectivity index (χ1) is 12.7. The fraction of sp³-hybridized carbons (Fsp3) is 0.111. The molecule has 0 fully saturated rings. The van der Waals surface area contributed by atoms with Gasteiger partial charge >= 0.3 is 5.97 Å². The van der Waals surface area contributed by atoms with Crippen LogP contribution in [0.5, 0.6) is 0 Å². The highest BCUT2D eigenvalue weighted by Crippen LogP contribution is 2.25.